The number of carbonyl (C=O) groups is 2. The summed E-state index contributed by atoms with van der Waals surface area (Å²) >= 11 is 0.968. The van der Waals surface area contributed by atoms with E-state index in [-0.39, 0.29) is 21.9 Å². The number of thiophene rings is 1. The minimum absolute atomic E-state index is 0.0108. The van der Waals surface area contributed by atoms with E-state index in [1.165, 1.54) is 29.6 Å². The third-order valence-corrected chi connectivity index (χ3v) is 3.33. The summed E-state index contributed by atoms with van der Waals surface area (Å²) in [7, 11) is 0. The van der Waals surface area contributed by atoms with Crippen molar-refractivity contribution in [2.75, 3.05) is 5.32 Å². The van der Waals surface area contributed by atoms with E-state index in [1.807, 2.05) is 0 Å². The van der Waals surface area contributed by atoms with Crippen molar-refractivity contribution in [2.24, 2.45) is 0 Å². The molecule has 1 aromatic heterocycles. The Kier molecular flexibility index (Phi) is 4.49. The summed E-state index contributed by atoms with van der Waals surface area (Å²) in [4.78, 5) is 22.9. The molecular weight excluding hydrogens is 304 g/mol. The van der Waals surface area contributed by atoms with E-state index in [0.717, 1.165) is 17.4 Å². The Morgan fingerprint density at radius 1 is 1.29 bits per heavy atom. The summed E-state index contributed by atoms with van der Waals surface area (Å²) in [6, 6.07) is 6.68. The summed E-state index contributed by atoms with van der Waals surface area (Å²) in [5.41, 5.74) is 0.230. The number of carboxylic acids is 1. The molecule has 110 valence electrons. The molecule has 5 nitrogen and oxygen atoms in total. The molecule has 0 unspecified atom stereocenters. The number of carbonyl (C=O) groups excluding carboxylic acids is 1. The minimum atomic E-state index is -2.99. The Morgan fingerprint density at radius 3 is 2.71 bits per heavy atom. The molecule has 0 radical (unpaired) electrons. The third kappa shape index (κ3) is 3.76. The second-order valence-corrected chi connectivity index (χ2v) is 4.75. The maximum atomic E-state index is 12.1. The number of hydrogen-bond acceptors (Lipinski definition) is 4. The zero-order valence-electron chi connectivity index (χ0n) is 10.4. The van der Waals surface area contributed by atoms with Crippen LogP contribution >= 0.6 is 11.3 Å². The van der Waals surface area contributed by atoms with Crippen molar-refractivity contribution in [3.63, 3.8) is 0 Å². The third-order valence-electron chi connectivity index (χ3n) is 2.43. The van der Waals surface area contributed by atoms with E-state index in [4.69, 9.17) is 5.11 Å². The van der Waals surface area contributed by atoms with Crippen LogP contribution in [0, 0.1) is 0 Å². The van der Waals surface area contributed by atoms with Crippen molar-refractivity contribution in [3.05, 3.63) is 46.2 Å². The Bertz CT molecular complexity index is 672. The highest BCUT2D eigenvalue weighted by molar-refractivity contribution is 7.12. The van der Waals surface area contributed by atoms with Crippen LogP contribution in [-0.2, 0) is 0 Å². The van der Waals surface area contributed by atoms with Gasteiger partial charge in [0.15, 0.2) is 0 Å². The lowest BCUT2D eigenvalue weighted by Gasteiger charge is -2.07. The molecule has 0 aliphatic carbocycles. The first-order chi connectivity index (χ1) is 9.97. The van der Waals surface area contributed by atoms with E-state index < -0.39 is 18.5 Å². The molecule has 0 spiro atoms. The van der Waals surface area contributed by atoms with Gasteiger partial charge in [0.1, 0.15) is 10.6 Å². The SMILES string of the molecule is O=C(Nc1ccsc1C(=O)O)c1cccc(OC(F)F)c1. The normalized spacial score (nSPS) is 10.4. The fraction of sp³-hybridized carbons (Fsp3) is 0.0769. The number of anilines is 1. The smallest absolute Gasteiger partial charge is 0.387 e. The van der Waals surface area contributed by atoms with Gasteiger partial charge in [-0.2, -0.15) is 8.78 Å². The first kappa shape index (κ1) is 14.9. The highest BCUT2D eigenvalue weighted by atomic mass is 32.1. The van der Waals surface area contributed by atoms with Crippen LogP contribution in [-0.4, -0.2) is 23.6 Å². The second kappa shape index (κ2) is 6.31. The fourth-order valence-electron chi connectivity index (χ4n) is 1.58. The molecule has 0 fully saturated rings. The Hall–Kier alpha value is -2.48. The first-order valence-corrected chi connectivity index (χ1v) is 6.52. The minimum Gasteiger partial charge on any atom is -0.477 e. The van der Waals surface area contributed by atoms with Crippen LogP contribution in [0.25, 0.3) is 0 Å². The Balaban J connectivity index is 2.17. The number of aromatic carboxylic acids is 1. The van der Waals surface area contributed by atoms with Gasteiger partial charge in [-0.25, -0.2) is 4.79 Å². The quantitative estimate of drug-likeness (QED) is 0.888. The molecule has 1 heterocycles. The maximum Gasteiger partial charge on any atom is 0.387 e. The fourth-order valence-corrected chi connectivity index (χ4v) is 2.27. The number of benzene rings is 1. The van der Waals surface area contributed by atoms with E-state index in [2.05, 4.69) is 10.1 Å². The average molecular weight is 313 g/mol. The zero-order chi connectivity index (χ0) is 15.4. The number of hydrogen-bond donors (Lipinski definition) is 2. The van der Waals surface area contributed by atoms with Crippen LogP contribution in [0.15, 0.2) is 35.7 Å². The van der Waals surface area contributed by atoms with Crippen LogP contribution < -0.4 is 10.1 Å². The topological polar surface area (TPSA) is 75.6 Å². The summed E-state index contributed by atoms with van der Waals surface area (Å²) in [6.07, 6.45) is 0. The lowest BCUT2D eigenvalue weighted by Crippen LogP contribution is -2.13. The second-order valence-electron chi connectivity index (χ2n) is 3.83. The summed E-state index contributed by atoms with van der Waals surface area (Å²) in [5, 5.41) is 12.9. The van der Waals surface area contributed by atoms with Gasteiger partial charge < -0.3 is 15.2 Å². The van der Waals surface area contributed by atoms with E-state index in [0.29, 0.717) is 0 Å². The van der Waals surface area contributed by atoms with Crippen molar-refractivity contribution < 1.29 is 28.2 Å². The standard InChI is InChI=1S/C13H9F2NO4S/c14-13(15)20-8-3-1-2-7(6-8)11(17)16-9-4-5-21-10(9)12(18)19/h1-6,13H,(H,16,17)(H,18,19). The van der Waals surface area contributed by atoms with Gasteiger partial charge in [-0.15, -0.1) is 11.3 Å². The maximum absolute atomic E-state index is 12.1. The molecule has 0 atom stereocenters. The number of rotatable bonds is 5. The number of ether oxygens (including phenoxy) is 1. The predicted molar refractivity (Wildman–Crippen MR) is 72.3 cm³/mol. The molecule has 0 aliphatic heterocycles. The van der Waals surface area contributed by atoms with Gasteiger partial charge in [0, 0.05) is 5.56 Å². The van der Waals surface area contributed by atoms with Crippen LogP contribution in [0.2, 0.25) is 0 Å². The lowest BCUT2D eigenvalue weighted by atomic mass is 10.2. The van der Waals surface area contributed by atoms with Crippen LogP contribution in [0.5, 0.6) is 5.75 Å². The molecule has 0 saturated carbocycles. The van der Waals surface area contributed by atoms with E-state index in [9.17, 15) is 18.4 Å². The molecule has 0 saturated heterocycles. The van der Waals surface area contributed by atoms with Crippen LogP contribution in [0.1, 0.15) is 20.0 Å². The average Bonchev–Trinajstić information content (AvgIpc) is 2.86. The van der Waals surface area contributed by atoms with Gasteiger partial charge in [-0.05, 0) is 29.6 Å². The van der Waals surface area contributed by atoms with Crippen molar-refractivity contribution in [1.82, 2.24) is 0 Å². The molecule has 0 bridgehead atoms. The van der Waals surface area contributed by atoms with Gasteiger partial charge >= 0.3 is 12.6 Å². The summed E-state index contributed by atoms with van der Waals surface area (Å²) < 4.78 is 28.4. The number of amides is 1. The molecule has 1 amide bonds. The monoisotopic (exact) mass is 313 g/mol. The van der Waals surface area contributed by atoms with Crippen LogP contribution in [0.3, 0.4) is 0 Å². The highest BCUT2D eigenvalue weighted by Crippen LogP contribution is 2.23. The Morgan fingerprint density at radius 2 is 2.05 bits per heavy atom. The van der Waals surface area contributed by atoms with Crippen molar-refractivity contribution in [1.29, 1.82) is 0 Å². The zero-order valence-corrected chi connectivity index (χ0v) is 11.2. The van der Waals surface area contributed by atoms with Gasteiger partial charge in [0.25, 0.3) is 5.91 Å². The van der Waals surface area contributed by atoms with Crippen molar-refractivity contribution >= 4 is 28.9 Å². The molecule has 0 aliphatic rings. The van der Waals surface area contributed by atoms with Gasteiger partial charge in [-0.3, -0.25) is 4.79 Å². The van der Waals surface area contributed by atoms with Gasteiger partial charge in [-0.1, -0.05) is 6.07 Å². The largest absolute Gasteiger partial charge is 0.477 e. The lowest BCUT2D eigenvalue weighted by molar-refractivity contribution is -0.0498. The molecule has 2 aromatic rings. The Labute approximate surface area is 121 Å². The van der Waals surface area contributed by atoms with E-state index >= 15 is 0 Å². The molecule has 8 heteroatoms. The summed E-state index contributed by atoms with van der Waals surface area (Å²) in [5.74, 6) is -1.92. The van der Waals surface area contributed by atoms with Crippen LogP contribution in [0.4, 0.5) is 14.5 Å². The highest BCUT2D eigenvalue weighted by Gasteiger charge is 2.15. The molecule has 2 rings (SSSR count). The first-order valence-electron chi connectivity index (χ1n) is 5.64. The number of halogens is 2. The molecular formula is C13H9F2NO4S. The van der Waals surface area contributed by atoms with E-state index in [1.54, 1.807) is 0 Å². The van der Waals surface area contributed by atoms with Gasteiger partial charge in [0.05, 0.1) is 5.69 Å². The van der Waals surface area contributed by atoms with Crippen molar-refractivity contribution in [3.8, 4) is 5.75 Å². The number of alkyl halides is 2. The molecule has 2 N–H and O–H groups in total. The molecule has 1 aromatic carbocycles. The number of carboxylic acid groups (broad SMARTS) is 1. The predicted octanol–water partition coefficient (Wildman–Crippen LogP) is 3.30. The van der Waals surface area contributed by atoms with Gasteiger partial charge in [0.2, 0.25) is 0 Å². The van der Waals surface area contributed by atoms with Crippen molar-refractivity contribution in [2.45, 2.75) is 6.61 Å². The number of nitrogens with one attached hydrogen (secondary N) is 1. The summed E-state index contributed by atoms with van der Waals surface area (Å²) in [6.45, 7) is -2.99. The molecule has 21 heavy (non-hydrogen) atoms.